The molecule has 1 atom stereocenters. The largest absolute Gasteiger partial charge is 0.331 e. The van der Waals surface area contributed by atoms with E-state index in [2.05, 4.69) is 25.1 Å². The highest BCUT2D eigenvalue weighted by molar-refractivity contribution is 5.94. The first-order valence-corrected chi connectivity index (χ1v) is 7.36. The molecule has 3 nitrogen and oxygen atoms in total. The van der Waals surface area contributed by atoms with Crippen molar-refractivity contribution in [2.45, 2.75) is 32.5 Å². The smallest absolute Gasteiger partial charge is 0.254 e. The van der Waals surface area contributed by atoms with E-state index >= 15 is 0 Å². The third-order valence-electron chi connectivity index (χ3n) is 4.18. The van der Waals surface area contributed by atoms with Crippen molar-refractivity contribution in [2.24, 2.45) is 5.73 Å². The standard InChI is InChI=1S/C18H20N2O/c1-13-9-15-6-2-3-7-17(15)12-20(13)18(21)16-8-4-5-14(10-16)11-19/h2-8,10,13H,9,11-12,19H2,1H3/t13-/m1/s1. The zero-order valence-corrected chi connectivity index (χ0v) is 12.3. The summed E-state index contributed by atoms with van der Waals surface area (Å²) in [5.74, 6) is 0.0901. The Morgan fingerprint density at radius 3 is 2.71 bits per heavy atom. The van der Waals surface area contributed by atoms with Gasteiger partial charge in [0.1, 0.15) is 0 Å². The van der Waals surface area contributed by atoms with Gasteiger partial charge in [-0.2, -0.15) is 0 Å². The second kappa shape index (κ2) is 5.70. The van der Waals surface area contributed by atoms with Gasteiger partial charge in [0.25, 0.3) is 5.91 Å². The molecule has 1 amide bonds. The van der Waals surface area contributed by atoms with Gasteiger partial charge in [0.05, 0.1) is 0 Å². The Bertz CT molecular complexity index is 666. The lowest BCUT2D eigenvalue weighted by atomic mass is 9.94. The fourth-order valence-corrected chi connectivity index (χ4v) is 2.95. The Morgan fingerprint density at radius 2 is 1.95 bits per heavy atom. The molecule has 3 rings (SSSR count). The monoisotopic (exact) mass is 280 g/mol. The quantitative estimate of drug-likeness (QED) is 0.919. The highest BCUT2D eigenvalue weighted by Crippen LogP contribution is 2.24. The van der Waals surface area contributed by atoms with Crippen molar-refractivity contribution >= 4 is 5.91 Å². The molecule has 108 valence electrons. The maximum absolute atomic E-state index is 12.8. The Hall–Kier alpha value is -2.13. The number of nitrogens with two attached hydrogens (primary N) is 1. The molecule has 2 N–H and O–H groups in total. The van der Waals surface area contributed by atoms with Gasteiger partial charge in [0.15, 0.2) is 0 Å². The molecule has 0 fully saturated rings. The maximum Gasteiger partial charge on any atom is 0.254 e. The van der Waals surface area contributed by atoms with Gasteiger partial charge in [-0.05, 0) is 42.2 Å². The van der Waals surface area contributed by atoms with Crippen LogP contribution in [0.4, 0.5) is 0 Å². The average molecular weight is 280 g/mol. The van der Waals surface area contributed by atoms with E-state index in [4.69, 9.17) is 5.73 Å². The second-order valence-corrected chi connectivity index (χ2v) is 5.66. The van der Waals surface area contributed by atoms with Crippen LogP contribution in [0.5, 0.6) is 0 Å². The molecule has 21 heavy (non-hydrogen) atoms. The predicted molar refractivity (Wildman–Crippen MR) is 83.8 cm³/mol. The Balaban J connectivity index is 1.88. The van der Waals surface area contributed by atoms with Crippen LogP contribution in [0.15, 0.2) is 48.5 Å². The minimum atomic E-state index is 0.0901. The number of benzene rings is 2. The van der Waals surface area contributed by atoms with Crippen molar-refractivity contribution in [3.63, 3.8) is 0 Å². The van der Waals surface area contributed by atoms with Crippen molar-refractivity contribution in [3.8, 4) is 0 Å². The highest BCUT2D eigenvalue weighted by Gasteiger charge is 2.27. The lowest BCUT2D eigenvalue weighted by Gasteiger charge is -2.35. The molecule has 0 spiro atoms. The SMILES string of the molecule is C[C@@H]1Cc2ccccc2CN1C(=O)c1cccc(CN)c1. The first-order chi connectivity index (χ1) is 10.2. The fourth-order valence-electron chi connectivity index (χ4n) is 2.95. The number of rotatable bonds is 2. The molecule has 2 aromatic carbocycles. The van der Waals surface area contributed by atoms with Gasteiger partial charge < -0.3 is 10.6 Å². The van der Waals surface area contributed by atoms with E-state index in [0.717, 1.165) is 17.5 Å². The van der Waals surface area contributed by atoms with Crippen LogP contribution >= 0.6 is 0 Å². The van der Waals surface area contributed by atoms with Crippen molar-refractivity contribution < 1.29 is 4.79 Å². The molecule has 0 aromatic heterocycles. The summed E-state index contributed by atoms with van der Waals surface area (Å²) in [4.78, 5) is 14.7. The molecule has 3 heteroatoms. The topological polar surface area (TPSA) is 46.3 Å². The van der Waals surface area contributed by atoms with E-state index in [1.165, 1.54) is 11.1 Å². The summed E-state index contributed by atoms with van der Waals surface area (Å²) in [6.45, 7) is 3.25. The first kappa shape index (κ1) is 13.8. The van der Waals surface area contributed by atoms with Gasteiger partial charge in [-0.3, -0.25) is 4.79 Å². The van der Waals surface area contributed by atoms with Crippen LogP contribution in [0.25, 0.3) is 0 Å². The second-order valence-electron chi connectivity index (χ2n) is 5.66. The van der Waals surface area contributed by atoms with Crippen LogP contribution < -0.4 is 5.73 Å². The lowest BCUT2D eigenvalue weighted by molar-refractivity contribution is 0.0658. The molecule has 1 aliphatic rings. The Kier molecular flexibility index (Phi) is 3.76. The van der Waals surface area contributed by atoms with Crippen LogP contribution in [0, 0.1) is 0 Å². The molecule has 0 unspecified atom stereocenters. The predicted octanol–water partition coefficient (Wildman–Crippen LogP) is 2.73. The lowest BCUT2D eigenvalue weighted by Crippen LogP contribution is -2.42. The Morgan fingerprint density at radius 1 is 1.19 bits per heavy atom. The highest BCUT2D eigenvalue weighted by atomic mass is 16.2. The molecule has 0 radical (unpaired) electrons. The average Bonchev–Trinajstić information content (AvgIpc) is 2.53. The third kappa shape index (κ3) is 2.69. The number of carbonyl (C=O) groups excluding carboxylic acids is 1. The third-order valence-corrected chi connectivity index (χ3v) is 4.18. The van der Waals surface area contributed by atoms with Gasteiger partial charge in [-0.1, -0.05) is 36.4 Å². The number of fused-ring (bicyclic) bond motifs is 1. The summed E-state index contributed by atoms with van der Waals surface area (Å²) < 4.78 is 0. The van der Waals surface area contributed by atoms with E-state index in [1.54, 1.807) is 0 Å². The fraction of sp³-hybridized carbons (Fsp3) is 0.278. The number of hydrogen-bond acceptors (Lipinski definition) is 2. The summed E-state index contributed by atoms with van der Waals surface area (Å²) in [5.41, 5.74) is 9.98. The first-order valence-electron chi connectivity index (χ1n) is 7.36. The zero-order valence-electron chi connectivity index (χ0n) is 12.3. The van der Waals surface area contributed by atoms with Crippen molar-refractivity contribution in [1.29, 1.82) is 0 Å². The summed E-state index contributed by atoms with van der Waals surface area (Å²) in [6.07, 6.45) is 0.915. The van der Waals surface area contributed by atoms with Crippen LogP contribution in [-0.4, -0.2) is 16.8 Å². The number of nitrogens with zero attached hydrogens (tertiary/aromatic N) is 1. The molecule has 0 saturated carbocycles. The van der Waals surface area contributed by atoms with Crippen LogP contribution in [0.1, 0.15) is 34.0 Å². The minimum Gasteiger partial charge on any atom is -0.331 e. The van der Waals surface area contributed by atoms with E-state index in [1.807, 2.05) is 35.2 Å². The van der Waals surface area contributed by atoms with E-state index in [9.17, 15) is 4.79 Å². The molecular weight excluding hydrogens is 260 g/mol. The van der Waals surface area contributed by atoms with E-state index in [-0.39, 0.29) is 11.9 Å². The molecular formula is C18H20N2O. The van der Waals surface area contributed by atoms with Crippen LogP contribution in [0.2, 0.25) is 0 Å². The number of carbonyl (C=O) groups is 1. The van der Waals surface area contributed by atoms with Gasteiger partial charge in [-0.25, -0.2) is 0 Å². The van der Waals surface area contributed by atoms with Crippen LogP contribution in [0.3, 0.4) is 0 Å². The van der Waals surface area contributed by atoms with Gasteiger partial charge in [-0.15, -0.1) is 0 Å². The summed E-state index contributed by atoms with van der Waals surface area (Å²) in [5, 5.41) is 0. The summed E-state index contributed by atoms with van der Waals surface area (Å²) in [7, 11) is 0. The number of amides is 1. The van der Waals surface area contributed by atoms with Gasteiger partial charge in [0.2, 0.25) is 0 Å². The molecule has 0 bridgehead atoms. The zero-order chi connectivity index (χ0) is 14.8. The van der Waals surface area contributed by atoms with Gasteiger partial charge >= 0.3 is 0 Å². The minimum absolute atomic E-state index is 0.0901. The number of hydrogen-bond donors (Lipinski definition) is 1. The van der Waals surface area contributed by atoms with Gasteiger partial charge in [0, 0.05) is 24.7 Å². The summed E-state index contributed by atoms with van der Waals surface area (Å²) >= 11 is 0. The normalized spacial score (nSPS) is 17.4. The van der Waals surface area contributed by atoms with Crippen LogP contribution in [-0.2, 0) is 19.5 Å². The Labute approximate surface area is 125 Å². The van der Waals surface area contributed by atoms with E-state index < -0.39 is 0 Å². The molecule has 2 aromatic rings. The molecule has 1 aliphatic heterocycles. The van der Waals surface area contributed by atoms with E-state index in [0.29, 0.717) is 13.1 Å². The maximum atomic E-state index is 12.8. The molecule has 0 saturated heterocycles. The van der Waals surface area contributed by atoms with Crippen molar-refractivity contribution in [2.75, 3.05) is 0 Å². The van der Waals surface area contributed by atoms with Crippen molar-refractivity contribution in [1.82, 2.24) is 4.90 Å². The molecule has 1 heterocycles. The van der Waals surface area contributed by atoms with Crippen molar-refractivity contribution in [3.05, 3.63) is 70.8 Å². The molecule has 0 aliphatic carbocycles. The summed E-state index contributed by atoms with van der Waals surface area (Å²) in [6, 6.07) is 16.2.